The first-order valence-corrected chi connectivity index (χ1v) is 11.7. The Bertz CT molecular complexity index is 1040. The fourth-order valence-corrected chi connectivity index (χ4v) is 4.93. The van der Waals surface area contributed by atoms with Crippen molar-refractivity contribution < 1.29 is 5.11 Å². The zero-order valence-corrected chi connectivity index (χ0v) is 18.1. The number of benzene rings is 1. The van der Waals surface area contributed by atoms with E-state index in [1.54, 1.807) is 12.1 Å². The largest absolute Gasteiger partial charge is 0.508 e. The van der Waals surface area contributed by atoms with E-state index < -0.39 is 0 Å². The van der Waals surface area contributed by atoms with Crippen LogP contribution in [0.15, 0.2) is 40.3 Å². The maximum atomic E-state index is 12.6. The lowest BCUT2D eigenvalue weighted by molar-refractivity contribution is 0.352. The van der Waals surface area contributed by atoms with Crippen molar-refractivity contribution in [3.8, 4) is 17.0 Å². The van der Waals surface area contributed by atoms with Gasteiger partial charge in [-0.1, -0.05) is 50.8 Å². The summed E-state index contributed by atoms with van der Waals surface area (Å²) in [5.74, 6) is 1.50. The van der Waals surface area contributed by atoms with E-state index in [9.17, 15) is 9.90 Å². The second-order valence-corrected chi connectivity index (χ2v) is 8.93. The van der Waals surface area contributed by atoms with Crippen LogP contribution in [0.3, 0.4) is 0 Å². The van der Waals surface area contributed by atoms with E-state index in [-0.39, 0.29) is 11.3 Å². The molecular weight excluding hydrogens is 396 g/mol. The molecule has 0 bridgehead atoms. The Morgan fingerprint density at radius 3 is 2.67 bits per heavy atom. The number of aromatic nitrogens is 4. The van der Waals surface area contributed by atoms with Crippen molar-refractivity contribution in [3.63, 3.8) is 0 Å². The van der Waals surface area contributed by atoms with Crippen LogP contribution < -0.4 is 5.56 Å². The molecule has 0 unspecified atom stereocenters. The Kier molecular flexibility index (Phi) is 6.57. The normalized spacial score (nSPS) is 14.8. The molecule has 2 heterocycles. The number of phenolic OH excluding ortho intramolecular Hbond substituents is 1. The maximum Gasteiger partial charge on any atom is 0.254 e. The lowest BCUT2D eigenvalue weighted by Crippen LogP contribution is -2.21. The van der Waals surface area contributed by atoms with Gasteiger partial charge < -0.3 is 10.1 Å². The van der Waals surface area contributed by atoms with Crippen molar-refractivity contribution in [1.29, 1.82) is 0 Å². The SMILES string of the molecule is CCc1c(CC2CCCCC2)nc(SCc2cc(-c3ccc(O)cc3)[nH]n2)[nH]c1=O. The first-order valence-electron chi connectivity index (χ1n) is 10.7. The van der Waals surface area contributed by atoms with Crippen LogP contribution in [0.1, 0.15) is 56.0 Å². The van der Waals surface area contributed by atoms with Crippen molar-refractivity contribution in [2.75, 3.05) is 0 Å². The highest BCUT2D eigenvalue weighted by atomic mass is 32.2. The van der Waals surface area contributed by atoms with Crippen molar-refractivity contribution in [3.05, 3.63) is 57.6 Å². The summed E-state index contributed by atoms with van der Waals surface area (Å²) >= 11 is 1.50. The first kappa shape index (κ1) is 20.7. The minimum atomic E-state index is -0.00683. The van der Waals surface area contributed by atoms with Crippen molar-refractivity contribution in [2.24, 2.45) is 5.92 Å². The fourth-order valence-electron chi connectivity index (χ4n) is 4.16. The second kappa shape index (κ2) is 9.51. The minimum Gasteiger partial charge on any atom is -0.508 e. The highest BCUT2D eigenvalue weighted by Gasteiger charge is 2.18. The lowest BCUT2D eigenvalue weighted by atomic mass is 9.85. The first-order chi connectivity index (χ1) is 14.6. The van der Waals surface area contributed by atoms with Crippen LogP contribution in [-0.4, -0.2) is 25.3 Å². The molecule has 158 valence electrons. The predicted octanol–water partition coefficient (Wildman–Crippen LogP) is 4.84. The second-order valence-electron chi connectivity index (χ2n) is 7.97. The van der Waals surface area contributed by atoms with Crippen LogP contribution in [0, 0.1) is 5.92 Å². The van der Waals surface area contributed by atoms with Gasteiger partial charge in [-0.3, -0.25) is 9.89 Å². The summed E-state index contributed by atoms with van der Waals surface area (Å²) in [6, 6.07) is 8.99. The zero-order valence-electron chi connectivity index (χ0n) is 17.3. The number of rotatable bonds is 7. The van der Waals surface area contributed by atoms with Gasteiger partial charge in [0.2, 0.25) is 0 Å². The molecule has 0 radical (unpaired) electrons. The average molecular weight is 425 g/mol. The molecule has 4 rings (SSSR count). The van der Waals surface area contributed by atoms with Crippen LogP contribution >= 0.6 is 11.8 Å². The third kappa shape index (κ3) is 4.95. The number of thioether (sulfide) groups is 1. The van der Waals surface area contributed by atoms with E-state index in [2.05, 4.69) is 15.2 Å². The van der Waals surface area contributed by atoms with Gasteiger partial charge >= 0.3 is 0 Å². The molecule has 1 aliphatic rings. The molecular formula is C23H28N4O2S. The zero-order chi connectivity index (χ0) is 20.9. The Hall–Kier alpha value is -2.54. The van der Waals surface area contributed by atoms with Crippen molar-refractivity contribution >= 4 is 11.8 Å². The third-order valence-electron chi connectivity index (χ3n) is 5.81. The summed E-state index contributed by atoms with van der Waals surface area (Å²) in [4.78, 5) is 20.4. The molecule has 2 aromatic heterocycles. The fraction of sp³-hybridized carbons (Fsp3) is 0.435. The van der Waals surface area contributed by atoms with E-state index in [1.165, 1.54) is 43.9 Å². The molecule has 0 amide bonds. The highest BCUT2D eigenvalue weighted by molar-refractivity contribution is 7.98. The van der Waals surface area contributed by atoms with Gasteiger partial charge in [-0.05, 0) is 54.7 Å². The molecule has 3 aromatic rings. The molecule has 1 fully saturated rings. The number of nitrogens with zero attached hydrogens (tertiary/aromatic N) is 2. The molecule has 7 heteroatoms. The van der Waals surface area contributed by atoms with Crippen molar-refractivity contribution in [2.45, 2.75) is 62.8 Å². The van der Waals surface area contributed by atoms with E-state index >= 15 is 0 Å². The maximum absolute atomic E-state index is 12.6. The average Bonchev–Trinajstić information content (AvgIpc) is 3.22. The van der Waals surface area contributed by atoms with Gasteiger partial charge in [0.25, 0.3) is 5.56 Å². The van der Waals surface area contributed by atoms with E-state index in [0.29, 0.717) is 23.2 Å². The summed E-state index contributed by atoms with van der Waals surface area (Å²) in [6.07, 6.45) is 8.02. The Balaban J connectivity index is 1.46. The van der Waals surface area contributed by atoms with Gasteiger partial charge in [-0.15, -0.1) is 0 Å². The van der Waals surface area contributed by atoms with Gasteiger partial charge in [0.1, 0.15) is 5.75 Å². The molecule has 3 N–H and O–H groups in total. The predicted molar refractivity (Wildman–Crippen MR) is 120 cm³/mol. The van der Waals surface area contributed by atoms with Crippen molar-refractivity contribution in [1.82, 2.24) is 20.2 Å². The van der Waals surface area contributed by atoms with Crippen LogP contribution in [0.2, 0.25) is 0 Å². The molecule has 1 saturated carbocycles. The Morgan fingerprint density at radius 2 is 1.93 bits per heavy atom. The van der Waals surface area contributed by atoms with E-state index in [1.807, 2.05) is 25.1 Å². The smallest absolute Gasteiger partial charge is 0.254 e. The molecule has 0 aliphatic heterocycles. The Labute approximate surface area is 180 Å². The van der Waals surface area contributed by atoms with Gasteiger partial charge in [0.15, 0.2) is 5.16 Å². The highest BCUT2D eigenvalue weighted by Crippen LogP contribution is 2.28. The van der Waals surface area contributed by atoms with Crippen LogP contribution in [0.5, 0.6) is 5.75 Å². The summed E-state index contributed by atoms with van der Waals surface area (Å²) in [5.41, 5.74) is 4.55. The van der Waals surface area contributed by atoms with Gasteiger partial charge in [-0.25, -0.2) is 4.98 Å². The number of aromatic hydroxyl groups is 1. The molecule has 1 aliphatic carbocycles. The topological polar surface area (TPSA) is 94.7 Å². The van der Waals surface area contributed by atoms with Gasteiger partial charge in [-0.2, -0.15) is 5.10 Å². The summed E-state index contributed by atoms with van der Waals surface area (Å²) in [5, 5.41) is 17.5. The number of H-pyrrole nitrogens is 2. The summed E-state index contributed by atoms with van der Waals surface area (Å²) in [6.45, 7) is 2.03. The van der Waals surface area contributed by atoms with Gasteiger partial charge in [0, 0.05) is 11.3 Å². The van der Waals surface area contributed by atoms with E-state index in [4.69, 9.17) is 4.98 Å². The Morgan fingerprint density at radius 1 is 1.17 bits per heavy atom. The minimum absolute atomic E-state index is 0.00683. The number of hydrogen-bond acceptors (Lipinski definition) is 5. The van der Waals surface area contributed by atoms with Crippen LogP contribution in [0.25, 0.3) is 11.3 Å². The molecule has 0 spiro atoms. The lowest BCUT2D eigenvalue weighted by Gasteiger charge is -2.22. The summed E-state index contributed by atoms with van der Waals surface area (Å²) < 4.78 is 0. The molecule has 0 atom stereocenters. The third-order valence-corrected chi connectivity index (χ3v) is 6.71. The quantitative estimate of drug-likeness (QED) is 0.372. The number of nitrogens with one attached hydrogen (secondary N) is 2. The number of aromatic amines is 2. The van der Waals surface area contributed by atoms with E-state index in [0.717, 1.165) is 34.6 Å². The van der Waals surface area contributed by atoms with Crippen LogP contribution in [-0.2, 0) is 18.6 Å². The van der Waals surface area contributed by atoms with Crippen LogP contribution in [0.4, 0.5) is 0 Å². The molecule has 6 nitrogen and oxygen atoms in total. The standard InChI is InChI=1S/C23H28N4O2S/c1-2-19-21(12-15-6-4-3-5-7-15)24-23(25-22(19)29)30-14-17-13-20(27-26-17)16-8-10-18(28)11-9-16/h8-11,13,15,28H,2-7,12,14H2,1H3,(H,26,27)(H,24,25,29). The number of hydrogen-bond donors (Lipinski definition) is 3. The molecule has 0 saturated heterocycles. The monoisotopic (exact) mass is 424 g/mol. The molecule has 30 heavy (non-hydrogen) atoms. The number of phenols is 1. The summed E-state index contributed by atoms with van der Waals surface area (Å²) in [7, 11) is 0. The van der Waals surface area contributed by atoms with Gasteiger partial charge in [0.05, 0.1) is 17.1 Å². The molecule has 1 aromatic carbocycles.